The molecule has 1 atom stereocenters. The first-order valence-corrected chi connectivity index (χ1v) is 7.38. The lowest BCUT2D eigenvalue weighted by Gasteiger charge is -2.14. The molecule has 2 amide bonds. The molecule has 21 heavy (non-hydrogen) atoms. The summed E-state index contributed by atoms with van der Waals surface area (Å²) in [6, 6.07) is 9.92. The molecule has 0 bridgehead atoms. The number of amides is 2. The van der Waals surface area contributed by atoms with Crippen LogP contribution in [0.4, 0.5) is 4.79 Å². The second-order valence-electron chi connectivity index (χ2n) is 5.20. The summed E-state index contributed by atoms with van der Waals surface area (Å²) in [5, 5.41) is 14.2. The van der Waals surface area contributed by atoms with Crippen LogP contribution in [-0.4, -0.2) is 29.7 Å². The number of carbonyl (C=O) groups excluding carboxylic acids is 1. The molecule has 0 fully saturated rings. The Bertz CT molecular complexity index is 434. The normalized spacial score (nSPS) is 11.7. The van der Waals surface area contributed by atoms with E-state index in [9.17, 15) is 9.59 Å². The summed E-state index contributed by atoms with van der Waals surface area (Å²) in [5.41, 5.74) is 1.19. The number of benzene rings is 1. The molecule has 0 saturated carbocycles. The van der Waals surface area contributed by atoms with Gasteiger partial charge in [0.05, 0.1) is 0 Å². The molecule has 0 heterocycles. The Morgan fingerprint density at radius 3 is 2.52 bits per heavy atom. The van der Waals surface area contributed by atoms with Gasteiger partial charge in [-0.15, -0.1) is 0 Å². The van der Waals surface area contributed by atoms with Crippen molar-refractivity contribution in [2.45, 2.75) is 45.1 Å². The molecule has 1 aromatic carbocycles. The van der Waals surface area contributed by atoms with E-state index in [-0.39, 0.29) is 18.5 Å². The summed E-state index contributed by atoms with van der Waals surface area (Å²) in [7, 11) is 0. The van der Waals surface area contributed by atoms with Gasteiger partial charge in [0.25, 0.3) is 0 Å². The van der Waals surface area contributed by atoms with E-state index in [1.54, 1.807) is 0 Å². The van der Waals surface area contributed by atoms with E-state index in [1.165, 1.54) is 5.56 Å². The Kier molecular flexibility index (Phi) is 7.94. The molecule has 1 rings (SSSR count). The minimum absolute atomic E-state index is 0.0689. The number of aliphatic carboxylic acids is 1. The monoisotopic (exact) mass is 292 g/mol. The van der Waals surface area contributed by atoms with E-state index >= 15 is 0 Å². The first-order valence-electron chi connectivity index (χ1n) is 7.38. The van der Waals surface area contributed by atoms with Crippen LogP contribution in [0.5, 0.6) is 0 Å². The third kappa shape index (κ3) is 8.68. The number of carboxylic acids is 1. The fourth-order valence-electron chi connectivity index (χ4n) is 2.07. The maximum absolute atomic E-state index is 11.7. The molecule has 0 aliphatic heterocycles. The third-order valence-corrected chi connectivity index (χ3v) is 3.12. The molecule has 0 aromatic heterocycles. The quantitative estimate of drug-likeness (QED) is 0.612. The fourth-order valence-corrected chi connectivity index (χ4v) is 2.07. The molecule has 3 N–H and O–H groups in total. The van der Waals surface area contributed by atoms with Gasteiger partial charge in [0.2, 0.25) is 0 Å². The maximum atomic E-state index is 11.7. The molecular weight excluding hydrogens is 268 g/mol. The molecule has 0 saturated heterocycles. The summed E-state index contributed by atoms with van der Waals surface area (Å²) >= 11 is 0. The van der Waals surface area contributed by atoms with Gasteiger partial charge in [-0.2, -0.15) is 0 Å². The van der Waals surface area contributed by atoms with Crippen LogP contribution in [0, 0.1) is 0 Å². The highest BCUT2D eigenvalue weighted by Crippen LogP contribution is 2.02. The van der Waals surface area contributed by atoms with E-state index in [0.717, 1.165) is 19.3 Å². The molecule has 0 spiro atoms. The van der Waals surface area contributed by atoms with Gasteiger partial charge < -0.3 is 15.7 Å². The third-order valence-electron chi connectivity index (χ3n) is 3.12. The largest absolute Gasteiger partial charge is 0.481 e. The number of hydrogen-bond donors (Lipinski definition) is 3. The van der Waals surface area contributed by atoms with Crippen LogP contribution in [0.1, 0.15) is 38.2 Å². The number of urea groups is 1. The average Bonchev–Trinajstić information content (AvgIpc) is 2.43. The number of hydrogen-bond acceptors (Lipinski definition) is 2. The molecule has 5 heteroatoms. The van der Waals surface area contributed by atoms with Gasteiger partial charge in [0, 0.05) is 19.0 Å². The van der Waals surface area contributed by atoms with Crippen molar-refractivity contribution >= 4 is 12.0 Å². The SMILES string of the molecule is CC(Cc1ccccc1)NC(=O)NCCCCCC(=O)O. The summed E-state index contributed by atoms with van der Waals surface area (Å²) < 4.78 is 0. The zero-order valence-corrected chi connectivity index (χ0v) is 12.5. The maximum Gasteiger partial charge on any atom is 0.315 e. The highest BCUT2D eigenvalue weighted by atomic mass is 16.4. The molecule has 116 valence electrons. The standard InChI is InChI=1S/C16H24N2O3/c1-13(12-14-8-4-2-5-9-14)18-16(21)17-11-7-3-6-10-15(19)20/h2,4-5,8-9,13H,3,6-7,10-12H2,1H3,(H,19,20)(H2,17,18,21). The molecule has 1 unspecified atom stereocenters. The zero-order valence-electron chi connectivity index (χ0n) is 12.5. The Morgan fingerprint density at radius 1 is 1.14 bits per heavy atom. The van der Waals surface area contributed by atoms with Crippen molar-refractivity contribution in [3.63, 3.8) is 0 Å². The van der Waals surface area contributed by atoms with Crippen molar-refractivity contribution in [1.82, 2.24) is 10.6 Å². The van der Waals surface area contributed by atoms with E-state index in [0.29, 0.717) is 13.0 Å². The number of carbonyl (C=O) groups is 2. The summed E-state index contributed by atoms with van der Waals surface area (Å²) in [6.45, 7) is 2.54. The predicted molar refractivity (Wildman–Crippen MR) is 82.2 cm³/mol. The smallest absolute Gasteiger partial charge is 0.315 e. The van der Waals surface area contributed by atoms with Gasteiger partial charge >= 0.3 is 12.0 Å². The van der Waals surface area contributed by atoms with Gasteiger partial charge in [-0.1, -0.05) is 36.8 Å². The average molecular weight is 292 g/mol. The van der Waals surface area contributed by atoms with E-state index in [4.69, 9.17) is 5.11 Å². The van der Waals surface area contributed by atoms with E-state index in [1.807, 2.05) is 37.3 Å². The predicted octanol–water partition coefficient (Wildman–Crippen LogP) is 2.56. The van der Waals surface area contributed by atoms with Crippen molar-refractivity contribution in [3.05, 3.63) is 35.9 Å². The van der Waals surface area contributed by atoms with Gasteiger partial charge in [0.15, 0.2) is 0 Å². The van der Waals surface area contributed by atoms with Gasteiger partial charge in [-0.05, 0) is 31.7 Å². The van der Waals surface area contributed by atoms with Crippen molar-refractivity contribution in [1.29, 1.82) is 0 Å². The van der Waals surface area contributed by atoms with E-state index in [2.05, 4.69) is 10.6 Å². The van der Waals surface area contributed by atoms with Crippen molar-refractivity contribution < 1.29 is 14.7 Å². The van der Waals surface area contributed by atoms with Gasteiger partial charge in [-0.3, -0.25) is 4.79 Å². The van der Waals surface area contributed by atoms with Gasteiger partial charge in [0.1, 0.15) is 0 Å². The number of nitrogens with one attached hydrogen (secondary N) is 2. The topological polar surface area (TPSA) is 78.4 Å². The van der Waals surface area contributed by atoms with E-state index < -0.39 is 5.97 Å². The Morgan fingerprint density at radius 2 is 1.86 bits per heavy atom. The molecule has 0 aliphatic carbocycles. The Balaban J connectivity index is 2.09. The molecular formula is C16H24N2O3. The lowest BCUT2D eigenvalue weighted by molar-refractivity contribution is -0.137. The van der Waals surface area contributed by atoms with Crippen LogP contribution >= 0.6 is 0 Å². The summed E-state index contributed by atoms with van der Waals surface area (Å²) in [5.74, 6) is -0.768. The van der Waals surface area contributed by atoms with Crippen LogP contribution in [0.3, 0.4) is 0 Å². The van der Waals surface area contributed by atoms with Crippen LogP contribution in [0.2, 0.25) is 0 Å². The van der Waals surface area contributed by atoms with Crippen LogP contribution < -0.4 is 10.6 Å². The second kappa shape index (κ2) is 9.80. The molecule has 0 aliphatic rings. The van der Waals surface area contributed by atoms with Crippen LogP contribution in [0.25, 0.3) is 0 Å². The van der Waals surface area contributed by atoms with Crippen molar-refractivity contribution in [3.8, 4) is 0 Å². The molecule has 5 nitrogen and oxygen atoms in total. The first-order chi connectivity index (χ1) is 10.1. The molecule has 1 aromatic rings. The first kappa shape index (κ1) is 17.0. The minimum atomic E-state index is -0.768. The van der Waals surface area contributed by atoms with Crippen LogP contribution in [0.15, 0.2) is 30.3 Å². The highest BCUT2D eigenvalue weighted by Gasteiger charge is 2.07. The fraction of sp³-hybridized carbons (Fsp3) is 0.500. The highest BCUT2D eigenvalue weighted by molar-refractivity contribution is 5.74. The minimum Gasteiger partial charge on any atom is -0.481 e. The number of carboxylic acid groups (broad SMARTS) is 1. The lowest BCUT2D eigenvalue weighted by Crippen LogP contribution is -2.42. The van der Waals surface area contributed by atoms with Crippen LogP contribution in [-0.2, 0) is 11.2 Å². The molecule has 0 radical (unpaired) electrons. The van der Waals surface area contributed by atoms with Crippen molar-refractivity contribution in [2.75, 3.05) is 6.54 Å². The van der Waals surface area contributed by atoms with Gasteiger partial charge in [-0.25, -0.2) is 4.79 Å². The zero-order chi connectivity index (χ0) is 15.5. The Labute approximate surface area is 125 Å². The number of unbranched alkanes of at least 4 members (excludes halogenated alkanes) is 2. The number of rotatable bonds is 9. The summed E-state index contributed by atoms with van der Waals surface area (Å²) in [4.78, 5) is 22.0. The van der Waals surface area contributed by atoms with Crippen molar-refractivity contribution in [2.24, 2.45) is 0 Å². The second-order valence-corrected chi connectivity index (χ2v) is 5.20. The lowest BCUT2D eigenvalue weighted by atomic mass is 10.1. The Hall–Kier alpha value is -2.04. The summed E-state index contributed by atoms with van der Waals surface area (Å²) in [6.07, 6.45) is 3.26.